The van der Waals surface area contributed by atoms with Gasteiger partial charge in [0.1, 0.15) is 5.82 Å². The summed E-state index contributed by atoms with van der Waals surface area (Å²) in [4.78, 5) is 20.8. The fourth-order valence-corrected chi connectivity index (χ4v) is 3.56. The number of hydrogen-bond acceptors (Lipinski definition) is 3. The molecular weight excluding hydrogens is 374 g/mol. The van der Waals surface area contributed by atoms with Gasteiger partial charge in [-0.25, -0.2) is 4.98 Å². The number of carbonyl (C=O) groups excluding carboxylic acids is 1. The van der Waals surface area contributed by atoms with Crippen LogP contribution in [0, 0.1) is 6.92 Å². The lowest BCUT2D eigenvalue weighted by Gasteiger charge is -2.06. The summed E-state index contributed by atoms with van der Waals surface area (Å²) in [5.74, 6) is 1.16. The summed E-state index contributed by atoms with van der Waals surface area (Å²) in [6.07, 6.45) is 0. The molecule has 1 heterocycles. The average Bonchev–Trinajstić information content (AvgIpc) is 2.95. The molecule has 23 heavy (non-hydrogen) atoms. The molecule has 0 aliphatic carbocycles. The minimum absolute atomic E-state index is 0.00206. The van der Waals surface area contributed by atoms with Crippen molar-refractivity contribution < 1.29 is 4.79 Å². The Bertz CT molecular complexity index is 814. The van der Waals surface area contributed by atoms with Crippen molar-refractivity contribution in [3.63, 3.8) is 0 Å². The Morgan fingerprint density at radius 3 is 2.91 bits per heavy atom. The van der Waals surface area contributed by atoms with Crippen molar-refractivity contribution in [2.24, 2.45) is 0 Å². The van der Waals surface area contributed by atoms with Crippen LogP contribution in [-0.2, 0) is 11.3 Å². The van der Waals surface area contributed by atoms with E-state index in [2.05, 4.69) is 37.3 Å². The fourth-order valence-electron chi connectivity index (χ4n) is 2.24. The number of amides is 1. The third kappa shape index (κ3) is 4.14. The summed E-state index contributed by atoms with van der Waals surface area (Å²) in [6.45, 7) is 2.45. The van der Waals surface area contributed by atoms with Crippen molar-refractivity contribution >= 4 is 44.6 Å². The second-order valence-corrected chi connectivity index (χ2v) is 7.11. The minimum atomic E-state index is -0.00206. The number of fused-ring (bicyclic) bond motifs is 1. The first-order valence-corrected chi connectivity index (χ1v) is 8.99. The van der Waals surface area contributed by atoms with Crippen LogP contribution in [0.25, 0.3) is 11.0 Å². The summed E-state index contributed by atoms with van der Waals surface area (Å²) in [6, 6.07) is 13.9. The van der Waals surface area contributed by atoms with E-state index in [1.165, 1.54) is 0 Å². The molecule has 1 amide bonds. The van der Waals surface area contributed by atoms with Gasteiger partial charge in [-0.15, -0.1) is 11.8 Å². The Hall–Kier alpha value is -1.79. The molecule has 0 spiro atoms. The molecule has 0 aliphatic rings. The van der Waals surface area contributed by atoms with E-state index in [0.29, 0.717) is 12.3 Å². The molecule has 3 rings (SSSR count). The van der Waals surface area contributed by atoms with Gasteiger partial charge in [0.2, 0.25) is 5.91 Å². The maximum absolute atomic E-state index is 12.0. The van der Waals surface area contributed by atoms with Crippen LogP contribution in [0.4, 0.5) is 0 Å². The van der Waals surface area contributed by atoms with E-state index in [9.17, 15) is 4.79 Å². The SMILES string of the molecule is Cc1cc(Br)ccc1SCC(=O)NCc1nc2ccccc2[nH]1. The largest absolute Gasteiger partial charge is 0.348 e. The maximum Gasteiger partial charge on any atom is 0.230 e. The van der Waals surface area contributed by atoms with Crippen LogP contribution in [-0.4, -0.2) is 21.6 Å². The number of aromatic amines is 1. The minimum Gasteiger partial charge on any atom is -0.348 e. The number of benzene rings is 2. The van der Waals surface area contributed by atoms with Crippen LogP contribution in [0.1, 0.15) is 11.4 Å². The molecule has 0 fully saturated rings. The first-order chi connectivity index (χ1) is 11.1. The normalized spacial score (nSPS) is 10.9. The van der Waals surface area contributed by atoms with Gasteiger partial charge >= 0.3 is 0 Å². The molecule has 0 saturated heterocycles. The number of nitrogens with zero attached hydrogens (tertiary/aromatic N) is 1. The Morgan fingerprint density at radius 2 is 2.13 bits per heavy atom. The third-order valence-electron chi connectivity index (χ3n) is 3.39. The molecule has 1 aromatic heterocycles. The Balaban J connectivity index is 1.53. The summed E-state index contributed by atoms with van der Waals surface area (Å²) >= 11 is 4.98. The van der Waals surface area contributed by atoms with Crippen LogP contribution in [0.2, 0.25) is 0 Å². The highest BCUT2D eigenvalue weighted by Crippen LogP contribution is 2.25. The number of aromatic nitrogens is 2. The topological polar surface area (TPSA) is 57.8 Å². The molecule has 4 nitrogen and oxygen atoms in total. The molecule has 0 unspecified atom stereocenters. The van der Waals surface area contributed by atoms with E-state index in [0.717, 1.165) is 31.8 Å². The first-order valence-electron chi connectivity index (χ1n) is 7.21. The van der Waals surface area contributed by atoms with Gasteiger partial charge in [0.15, 0.2) is 0 Å². The van der Waals surface area contributed by atoms with Crippen molar-refractivity contribution in [1.29, 1.82) is 0 Å². The first kappa shape index (κ1) is 16.1. The van der Waals surface area contributed by atoms with Gasteiger partial charge in [0.25, 0.3) is 0 Å². The molecule has 0 saturated carbocycles. The predicted octanol–water partition coefficient (Wildman–Crippen LogP) is 4.04. The number of nitrogens with one attached hydrogen (secondary N) is 2. The molecule has 0 aliphatic heterocycles. The Labute approximate surface area is 147 Å². The van der Waals surface area contributed by atoms with Crippen LogP contribution in [0.3, 0.4) is 0 Å². The van der Waals surface area contributed by atoms with Gasteiger partial charge in [-0.1, -0.05) is 28.1 Å². The molecule has 3 aromatic rings. The van der Waals surface area contributed by atoms with Gasteiger partial charge in [0.05, 0.1) is 23.3 Å². The zero-order valence-electron chi connectivity index (χ0n) is 12.6. The second kappa shape index (κ2) is 7.19. The van der Waals surface area contributed by atoms with Crippen molar-refractivity contribution in [1.82, 2.24) is 15.3 Å². The lowest BCUT2D eigenvalue weighted by molar-refractivity contribution is -0.118. The van der Waals surface area contributed by atoms with E-state index in [-0.39, 0.29) is 5.91 Å². The van der Waals surface area contributed by atoms with Gasteiger partial charge in [0, 0.05) is 9.37 Å². The van der Waals surface area contributed by atoms with Crippen molar-refractivity contribution in [2.45, 2.75) is 18.4 Å². The summed E-state index contributed by atoms with van der Waals surface area (Å²) in [5.41, 5.74) is 3.06. The fraction of sp³-hybridized carbons (Fsp3) is 0.176. The summed E-state index contributed by atoms with van der Waals surface area (Å²) in [5, 5.41) is 2.90. The Morgan fingerprint density at radius 1 is 1.30 bits per heavy atom. The lowest BCUT2D eigenvalue weighted by atomic mass is 10.2. The monoisotopic (exact) mass is 389 g/mol. The highest BCUT2D eigenvalue weighted by Gasteiger charge is 2.07. The lowest BCUT2D eigenvalue weighted by Crippen LogP contribution is -2.25. The number of hydrogen-bond donors (Lipinski definition) is 2. The molecule has 0 radical (unpaired) electrons. The van der Waals surface area contributed by atoms with Gasteiger partial charge in [-0.05, 0) is 42.8 Å². The van der Waals surface area contributed by atoms with Crippen molar-refractivity contribution in [3.8, 4) is 0 Å². The highest BCUT2D eigenvalue weighted by atomic mass is 79.9. The average molecular weight is 390 g/mol. The molecule has 6 heteroatoms. The van der Waals surface area contributed by atoms with Crippen molar-refractivity contribution in [2.75, 3.05) is 5.75 Å². The second-order valence-electron chi connectivity index (χ2n) is 5.18. The number of rotatable bonds is 5. The van der Waals surface area contributed by atoms with E-state index in [1.54, 1.807) is 11.8 Å². The zero-order chi connectivity index (χ0) is 16.2. The number of H-pyrrole nitrogens is 1. The van der Waals surface area contributed by atoms with E-state index >= 15 is 0 Å². The smallest absolute Gasteiger partial charge is 0.230 e. The standard InChI is InChI=1S/C17H16BrN3OS/c1-11-8-12(18)6-7-15(11)23-10-17(22)19-9-16-20-13-4-2-3-5-14(13)21-16/h2-8H,9-10H2,1H3,(H,19,22)(H,20,21). The van der Waals surface area contributed by atoms with Crippen LogP contribution >= 0.6 is 27.7 Å². The molecule has 0 bridgehead atoms. The molecule has 2 N–H and O–H groups in total. The van der Waals surface area contributed by atoms with Gasteiger partial charge in [-0.2, -0.15) is 0 Å². The number of carbonyl (C=O) groups is 1. The third-order valence-corrected chi connectivity index (χ3v) is 5.06. The van der Waals surface area contributed by atoms with E-state index < -0.39 is 0 Å². The molecular formula is C17H16BrN3OS. The molecule has 118 valence electrons. The van der Waals surface area contributed by atoms with E-state index in [1.807, 2.05) is 43.3 Å². The molecule has 2 aromatic carbocycles. The van der Waals surface area contributed by atoms with Crippen LogP contribution in [0.5, 0.6) is 0 Å². The van der Waals surface area contributed by atoms with Gasteiger partial charge < -0.3 is 10.3 Å². The van der Waals surface area contributed by atoms with Crippen molar-refractivity contribution in [3.05, 3.63) is 58.3 Å². The van der Waals surface area contributed by atoms with Crippen LogP contribution < -0.4 is 5.32 Å². The number of thioether (sulfide) groups is 1. The summed E-state index contributed by atoms with van der Waals surface area (Å²) in [7, 11) is 0. The number of aryl methyl sites for hydroxylation is 1. The maximum atomic E-state index is 12.0. The summed E-state index contributed by atoms with van der Waals surface area (Å²) < 4.78 is 1.05. The number of imidazole rings is 1. The predicted molar refractivity (Wildman–Crippen MR) is 97.5 cm³/mol. The van der Waals surface area contributed by atoms with E-state index in [4.69, 9.17) is 0 Å². The Kier molecular flexibility index (Phi) is 5.03. The highest BCUT2D eigenvalue weighted by molar-refractivity contribution is 9.10. The zero-order valence-corrected chi connectivity index (χ0v) is 15.0. The van der Waals surface area contributed by atoms with Crippen LogP contribution in [0.15, 0.2) is 51.8 Å². The molecule has 0 atom stereocenters. The van der Waals surface area contributed by atoms with Gasteiger partial charge in [-0.3, -0.25) is 4.79 Å². The number of halogens is 1. The number of para-hydroxylation sites is 2. The quantitative estimate of drug-likeness (QED) is 0.647.